The molecule has 0 aromatic heterocycles. The van der Waals surface area contributed by atoms with Crippen molar-refractivity contribution in [2.24, 2.45) is 0 Å². The van der Waals surface area contributed by atoms with E-state index in [0.29, 0.717) is 6.42 Å². The number of hydrogen-bond donors (Lipinski definition) is 0. The molecule has 0 fully saturated rings. The molecule has 3 heteroatoms. The summed E-state index contributed by atoms with van der Waals surface area (Å²) in [5.74, 6) is 0.213. The van der Waals surface area contributed by atoms with Gasteiger partial charge in [-0.3, -0.25) is 4.79 Å². The van der Waals surface area contributed by atoms with Crippen molar-refractivity contribution >= 4 is 11.5 Å². The van der Waals surface area contributed by atoms with Gasteiger partial charge >= 0.3 is 0 Å². The van der Waals surface area contributed by atoms with E-state index in [9.17, 15) is 4.79 Å². The fourth-order valence-corrected chi connectivity index (χ4v) is 1.98. The van der Waals surface area contributed by atoms with Crippen LogP contribution < -0.4 is 4.90 Å². The molecule has 100 valence electrons. The Morgan fingerprint density at radius 1 is 1.11 bits per heavy atom. The molecule has 0 unspecified atom stereocenters. The normalized spacial score (nSPS) is 10.7. The summed E-state index contributed by atoms with van der Waals surface area (Å²) in [4.78, 5) is 16.2. The van der Waals surface area contributed by atoms with Crippen LogP contribution in [-0.4, -0.2) is 44.9 Å². The van der Waals surface area contributed by atoms with E-state index < -0.39 is 0 Å². The van der Waals surface area contributed by atoms with E-state index in [1.165, 1.54) is 0 Å². The SMILES string of the molecule is CCC(=O)c1ccccc1N(C)CCCN(C)C. The Kier molecular flexibility index (Phi) is 5.86. The van der Waals surface area contributed by atoms with Gasteiger partial charge in [-0.25, -0.2) is 0 Å². The van der Waals surface area contributed by atoms with Crippen molar-refractivity contribution in [3.8, 4) is 0 Å². The van der Waals surface area contributed by atoms with Crippen LogP contribution in [0.2, 0.25) is 0 Å². The molecule has 0 atom stereocenters. The van der Waals surface area contributed by atoms with Crippen LogP contribution in [-0.2, 0) is 0 Å². The molecule has 0 spiro atoms. The van der Waals surface area contributed by atoms with Gasteiger partial charge in [-0.15, -0.1) is 0 Å². The highest BCUT2D eigenvalue weighted by atomic mass is 16.1. The van der Waals surface area contributed by atoms with Gasteiger partial charge in [-0.1, -0.05) is 19.1 Å². The predicted molar refractivity (Wildman–Crippen MR) is 77.5 cm³/mol. The molecule has 0 amide bonds. The minimum absolute atomic E-state index is 0.213. The van der Waals surface area contributed by atoms with Gasteiger partial charge < -0.3 is 9.80 Å². The number of hydrogen-bond acceptors (Lipinski definition) is 3. The largest absolute Gasteiger partial charge is 0.374 e. The Balaban J connectivity index is 2.72. The molecule has 0 heterocycles. The number of benzene rings is 1. The smallest absolute Gasteiger partial charge is 0.164 e. The summed E-state index contributed by atoms with van der Waals surface area (Å²) in [5.41, 5.74) is 1.88. The van der Waals surface area contributed by atoms with Gasteiger partial charge in [0.1, 0.15) is 0 Å². The number of nitrogens with zero attached hydrogens (tertiary/aromatic N) is 2. The third-order valence-corrected chi connectivity index (χ3v) is 3.04. The van der Waals surface area contributed by atoms with Crippen molar-refractivity contribution in [2.45, 2.75) is 19.8 Å². The number of anilines is 1. The molecule has 1 aromatic carbocycles. The van der Waals surface area contributed by atoms with Crippen molar-refractivity contribution < 1.29 is 4.79 Å². The van der Waals surface area contributed by atoms with Gasteiger partial charge in [0, 0.05) is 31.3 Å². The molecular weight excluding hydrogens is 224 g/mol. The Bertz CT molecular complexity index is 388. The number of rotatable bonds is 7. The third kappa shape index (κ3) is 4.15. The lowest BCUT2D eigenvalue weighted by Crippen LogP contribution is -2.24. The summed E-state index contributed by atoms with van der Waals surface area (Å²) in [6.45, 7) is 3.94. The van der Waals surface area contributed by atoms with E-state index in [4.69, 9.17) is 0 Å². The molecule has 0 aliphatic heterocycles. The van der Waals surface area contributed by atoms with Gasteiger partial charge in [0.2, 0.25) is 0 Å². The average Bonchev–Trinajstić information content (AvgIpc) is 2.37. The summed E-state index contributed by atoms with van der Waals surface area (Å²) in [6, 6.07) is 7.87. The highest BCUT2D eigenvalue weighted by molar-refractivity contribution is 6.01. The lowest BCUT2D eigenvalue weighted by molar-refractivity contribution is 0.0988. The monoisotopic (exact) mass is 248 g/mol. The van der Waals surface area contributed by atoms with Gasteiger partial charge in [0.05, 0.1) is 0 Å². The third-order valence-electron chi connectivity index (χ3n) is 3.04. The first-order chi connectivity index (χ1) is 8.56. The van der Waals surface area contributed by atoms with Gasteiger partial charge in [-0.2, -0.15) is 0 Å². The minimum atomic E-state index is 0.213. The number of para-hydroxylation sites is 1. The Morgan fingerprint density at radius 3 is 2.39 bits per heavy atom. The maximum absolute atomic E-state index is 11.9. The van der Waals surface area contributed by atoms with Crippen LogP contribution in [0.4, 0.5) is 5.69 Å². The summed E-state index contributed by atoms with van der Waals surface area (Å²) >= 11 is 0. The topological polar surface area (TPSA) is 23.6 Å². The lowest BCUT2D eigenvalue weighted by atomic mass is 10.1. The molecule has 0 aliphatic carbocycles. The molecular formula is C15H24N2O. The first kappa shape index (κ1) is 14.7. The van der Waals surface area contributed by atoms with Crippen LogP contribution in [0.15, 0.2) is 24.3 Å². The quantitative estimate of drug-likeness (QED) is 0.693. The zero-order chi connectivity index (χ0) is 13.5. The second-order valence-corrected chi connectivity index (χ2v) is 4.87. The summed E-state index contributed by atoms with van der Waals surface area (Å²) in [5, 5.41) is 0. The number of ketones is 1. The minimum Gasteiger partial charge on any atom is -0.374 e. The molecule has 0 bridgehead atoms. The van der Waals surface area contributed by atoms with E-state index in [0.717, 1.165) is 30.8 Å². The second kappa shape index (κ2) is 7.17. The van der Waals surface area contributed by atoms with Gasteiger partial charge in [0.25, 0.3) is 0 Å². The zero-order valence-corrected chi connectivity index (χ0v) is 11.9. The van der Waals surface area contributed by atoms with E-state index in [1.807, 2.05) is 31.2 Å². The molecule has 18 heavy (non-hydrogen) atoms. The summed E-state index contributed by atoms with van der Waals surface area (Å²) in [7, 11) is 6.21. The van der Waals surface area contributed by atoms with Crippen molar-refractivity contribution in [1.82, 2.24) is 4.90 Å². The molecule has 0 saturated carbocycles. The van der Waals surface area contributed by atoms with E-state index in [-0.39, 0.29) is 5.78 Å². The molecule has 1 aromatic rings. The van der Waals surface area contributed by atoms with Crippen LogP contribution in [0.3, 0.4) is 0 Å². The van der Waals surface area contributed by atoms with Gasteiger partial charge in [-0.05, 0) is 39.2 Å². The molecule has 0 saturated heterocycles. The number of carbonyl (C=O) groups is 1. The fraction of sp³-hybridized carbons (Fsp3) is 0.533. The fourth-order valence-electron chi connectivity index (χ4n) is 1.98. The van der Waals surface area contributed by atoms with Crippen LogP contribution in [0, 0.1) is 0 Å². The maximum atomic E-state index is 11.9. The molecule has 0 N–H and O–H groups in total. The van der Waals surface area contributed by atoms with Crippen molar-refractivity contribution in [2.75, 3.05) is 39.1 Å². The van der Waals surface area contributed by atoms with Crippen molar-refractivity contribution in [1.29, 1.82) is 0 Å². The summed E-state index contributed by atoms with van der Waals surface area (Å²) < 4.78 is 0. The van der Waals surface area contributed by atoms with Gasteiger partial charge in [0.15, 0.2) is 5.78 Å². The Labute approximate surface area is 110 Å². The highest BCUT2D eigenvalue weighted by Crippen LogP contribution is 2.20. The molecule has 0 radical (unpaired) electrons. The Hall–Kier alpha value is -1.35. The van der Waals surface area contributed by atoms with E-state index in [1.54, 1.807) is 0 Å². The van der Waals surface area contributed by atoms with Crippen molar-refractivity contribution in [3.05, 3.63) is 29.8 Å². The summed E-state index contributed by atoms with van der Waals surface area (Å²) in [6.07, 6.45) is 1.65. The van der Waals surface area contributed by atoms with Crippen LogP contribution in [0.5, 0.6) is 0 Å². The molecule has 1 rings (SSSR count). The lowest BCUT2D eigenvalue weighted by Gasteiger charge is -2.22. The Morgan fingerprint density at radius 2 is 1.78 bits per heavy atom. The second-order valence-electron chi connectivity index (χ2n) is 4.87. The van der Waals surface area contributed by atoms with Crippen LogP contribution in [0.25, 0.3) is 0 Å². The molecule has 0 aliphatic rings. The van der Waals surface area contributed by atoms with Crippen LogP contribution >= 0.6 is 0 Å². The van der Waals surface area contributed by atoms with Crippen LogP contribution in [0.1, 0.15) is 30.1 Å². The van der Waals surface area contributed by atoms with E-state index >= 15 is 0 Å². The molecule has 3 nitrogen and oxygen atoms in total. The number of Topliss-reactive ketones (excluding diaryl/α,β-unsaturated/α-hetero) is 1. The van der Waals surface area contributed by atoms with Crippen molar-refractivity contribution in [3.63, 3.8) is 0 Å². The number of carbonyl (C=O) groups excluding carboxylic acids is 1. The first-order valence-electron chi connectivity index (χ1n) is 6.54. The maximum Gasteiger partial charge on any atom is 0.164 e. The zero-order valence-electron chi connectivity index (χ0n) is 11.9. The average molecular weight is 248 g/mol. The van der Waals surface area contributed by atoms with E-state index in [2.05, 4.69) is 30.9 Å². The first-order valence-corrected chi connectivity index (χ1v) is 6.54. The predicted octanol–water partition coefficient (Wildman–Crippen LogP) is 2.67. The standard InChI is InChI=1S/C15H24N2O/c1-5-15(18)13-9-6-7-10-14(13)17(4)12-8-11-16(2)3/h6-7,9-10H,5,8,11-12H2,1-4H3. The highest BCUT2D eigenvalue weighted by Gasteiger charge is 2.11.